The molecule has 2 aromatic heterocycles. The Morgan fingerprint density at radius 2 is 1.67 bits per heavy atom. The van der Waals surface area contributed by atoms with Gasteiger partial charge in [-0.25, -0.2) is 17.8 Å². The van der Waals surface area contributed by atoms with E-state index in [1.165, 1.54) is 52.0 Å². The number of amides is 2. The van der Waals surface area contributed by atoms with Gasteiger partial charge in [0.15, 0.2) is 16.1 Å². The van der Waals surface area contributed by atoms with E-state index in [0.29, 0.717) is 34.9 Å². The number of thioether (sulfide) groups is 1. The molecule has 232 valence electrons. The van der Waals surface area contributed by atoms with Crippen molar-refractivity contribution in [1.82, 2.24) is 29.4 Å². The number of carbonyl (C=O) groups is 2. The third-order valence-electron chi connectivity index (χ3n) is 7.13. The Balaban J connectivity index is 1.13. The Morgan fingerprint density at radius 3 is 2.40 bits per heavy atom. The average molecular weight is 666 g/mol. The normalized spacial score (nSPS) is 14.0. The van der Waals surface area contributed by atoms with Crippen molar-refractivity contribution in [3.05, 3.63) is 90.0 Å². The van der Waals surface area contributed by atoms with Gasteiger partial charge in [0, 0.05) is 24.3 Å². The molecule has 1 fully saturated rings. The summed E-state index contributed by atoms with van der Waals surface area (Å²) in [6.07, 6.45) is 2.68. The third-order valence-corrected chi connectivity index (χ3v) is 10.9. The van der Waals surface area contributed by atoms with Crippen molar-refractivity contribution in [1.29, 1.82) is 0 Å². The van der Waals surface area contributed by atoms with Crippen molar-refractivity contribution < 1.29 is 22.4 Å². The predicted octanol–water partition coefficient (Wildman–Crippen LogP) is 4.85. The third kappa shape index (κ3) is 7.06. The minimum absolute atomic E-state index is 0.00823. The van der Waals surface area contributed by atoms with Gasteiger partial charge in [-0.1, -0.05) is 41.7 Å². The summed E-state index contributed by atoms with van der Waals surface area (Å²) in [4.78, 5) is 30.3. The van der Waals surface area contributed by atoms with Gasteiger partial charge < -0.3 is 10.6 Å². The number of benzene rings is 3. The van der Waals surface area contributed by atoms with E-state index in [1.54, 1.807) is 16.7 Å². The number of sulfonamides is 1. The molecule has 5 aromatic rings. The Bertz CT molecular complexity index is 1910. The van der Waals surface area contributed by atoms with Crippen LogP contribution in [-0.2, 0) is 21.4 Å². The number of aromatic nitrogens is 4. The molecule has 15 heteroatoms. The summed E-state index contributed by atoms with van der Waals surface area (Å²) in [6.45, 7) is 0.955. The van der Waals surface area contributed by atoms with Crippen LogP contribution in [0.5, 0.6) is 0 Å². The van der Waals surface area contributed by atoms with Crippen LogP contribution in [0.2, 0.25) is 0 Å². The molecule has 3 aromatic carbocycles. The summed E-state index contributed by atoms with van der Waals surface area (Å²) in [5.41, 5.74) is 1.63. The molecule has 6 rings (SSSR count). The zero-order valence-corrected chi connectivity index (χ0v) is 26.3. The quantitative estimate of drug-likeness (QED) is 0.202. The predicted molar refractivity (Wildman–Crippen MR) is 171 cm³/mol. The monoisotopic (exact) mass is 665 g/mol. The van der Waals surface area contributed by atoms with Crippen LogP contribution in [0.1, 0.15) is 35.4 Å². The second-order valence-electron chi connectivity index (χ2n) is 10.2. The highest BCUT2D eigenvalue weighted by atomic mass is 32.2. The second kappa shape index (κ2) is 13.4. The van der Waals surface area contributed by atoms with Crippen LogP contribution in [-0.4, -0.2) is 63.1 Å². The highest BCUT2D eigenvalue weighted by Crippen LogP contribution is 2.27. The van der Waals surface area contributed by atoms with E-state index in [0.717, 1.165) is 41.2 Å². The summed E-state index contributed by atoms with van der Waals surface area (Å²) in [5.74, 6) is -0.776. The van der Waals surface area contributed by atoms with Gasteiger partial charge in [0.25, 0.3) is 5.91 Å². The van der Waals surface area contributed by atoms with E-state index in [4.69, 9.17) is 0 Å². The fourth-order valence-electron chi connectivity index (χ4n) is 4.86. The number of hydrogen-bond acceptors (Lipinski definition) is 9. The number of para-hydroxylation sites is 1. The smallest absolute Gasteiger partial charge is 0.251 e. The number of fused-ring (bicyclic) bond motifs is 1. The Kier molecular flexibility index (Phi) is 9.21. The lowest BCUT2D eigenvalue weighted by Gasteiger charge is -2.25. The fourth-order valence-corrected chi connectivity index (χ4v) is 8.03. The molecular formula is C30H28FN7O4S3. The van der Waals surface area contributed by atoms with E-state index in [1.807, 2.05) is 24.3 Å². The number of nitrogens with zero attached hydrogens (tertiary/aromatic N) is 5. The molecule has 0 bridgehead atoms. The first kappa shape index (κ1) is 30.8. The Morgan fingerprint density at radius 1 is 0.933 bits per heavy atom. The number of nitrogens with one attached hydrogen (secondary N) is 2. The average Bonchev–Trinajstić information content (AvgIpc) is 3.66. The molecular weight excluding hydrogens is 638 g/mol. The largest absolute Gasteiger partial charge is 0.345 e. The van der Waals surface area contributed by atoms with E-state index < -0.39 is 21.7 Å². The lowest BCUT2D eigenvalue weighted by molar-refractivity contribution is -0.113. The molecule has 0 atom stereocenters. The molecule has 0 unspecified atom stereocenters. The van der Waals surface area contributed by atoms with E-state index in [-0.39, 0.29) is 28.7 Å². The molecule has 0 radical (unpaired) electrons. The van der Waals surface area contributed by atoms with Gasteiger partial charge in [0.2, 0.25) is 15.9 Å². The molecule has 3 heterocycles. The first-order valence-corrected chi connectivity index (χ1v) is 17.4. The molecule has 2 N–H and O–H groups in total. The van der Waals surface area contributed by atoms with Crippen molar-refractivity contribution in [2.24, 2.45) is 0 Å². The highest BCUT2D eigenvalue weighted by Gasteiger charge is 2.26. The first-order valence-electron chi connectivity index (χ1n) is 14.1. The molecule has 1 aliphatic heterocycles. The zero-order chi connectivity index (χ0) is 31.4. The van der Waals surface area contributed by atoms with E-state index >= 15 is 0 Å². The maximum Gasteiger partial charge on any atom is 0.251 e. The van der Waals surface area contributed by atoms with Crippen molar-refractivity contribution in [3.63, 3.8) is 0 Å². The number of thiazole rings is 1. The fraction of sp³-hybridized carbons (Fsp3) is 0.233. The van der Waals surface area contributed by atoms with Crippen LogP contribution >= 0.6 is 23.1 Å². The van der Waals surface area contributed by atoms with Gasteiger partial charge in [-0.2, -0.15) is 4.31 Å². The molecule has 1 aliphatic rings. The summed E-state index contributed by atoms with van der Waals surface area (Å²) in [7, 11) is -3.61. The number of piperidine rings is 1. The molecule has 45 heavy (non-hydrogen) atoms. The van der Waals surface area contributed by atoms with Gasteiger partial charge >= 0.3 is 0 Å². The van der Waals surface area contributed by atoms with E-state index in [2.05, 4.69) is 25.8 Å². The van der Waals surface area contributed by atoms with Crippen molar-refractivity contribution >= 4 is 60.3 Å². The minimum Gasteiger partial charge on any atom is -0.345 e. The SMILES string of the molecule is O=C(CSc1nnc(CNC(=O)c2ccc(S(=O)(=O)N3CCCCC3)cc2)n1-c1ccc(F)cc1)Nc1nc2ccccc2s1. The number of halogens is 1. The minimum atomic E-state index is -3.61. The summed E-state index contributed by atoms with van der Waals surface area (Å²) < 4.78 is 43.7. The van der Waals surface area contributed by atoms with Gasteiger partial charge in [-0.3, -0.25) is 14.2 Å². The summed E-state index contributed by atoms with van der Waals surface area (Å²) in [6, 6.07) is 19.1. The first-order chi connectivity index (χ1) is 21.8. The summed E-state index contributed by atoms with van der Waals surface area (Å²) in [5, 5.41) is 14.9. The summed E-state index contributed by atoms with van der Waals surface area (Å²) >= 11 is 2.51. The van der Waals surface area contributed by atoms with Crippen LogP contribution in [0, 0.1) is 5.82 Å². The van der Waals surface area contributed by atoms with Crippen LogP contribution in [0.3, 0.4) is 0 Å². The maximum atomic E-state index is 13.7. The number of hydrogen-bond donors (Lipinski definition) is 2. The van der Waals surface area contributed by atoms with E-state index in [9.17, 15) is 22.4 Å². The molecule has 0 saturated carbocycles. The lowest BCUT2D eigenvalue weighted by Crippen LogP contribution is -2.35. The second-order valence-corrected chi connectivity index (χ2v) is 14.1. The zero-order valence-electron chi connectivity index (χ0n) is 23.8. The van der Waals surface area contributed by atoms with Gasteiger partial charge in [-0.15, -0.1) is 10.2 Å². The van der Waals surface area contributed by atoms with Crippen molar-refractivity contribution in [2.75, 3.05) is 24.2 Å². The van der Waals surface area contributed by atoms with Crippen molar-refractivity contribution in [3.8, 4) is 5.69 Å². The standard InChI is InChI=1S/C30H28FN7O4S3/c31-21-10-12-22(13-11-21)38-26(35-36-30(38)43-19-27(39)34-29-33-24-6-2-3-7-25(24)44-29)18-32-28(40)20-8-14-23(15-9-20)45(41,42)37-16-4-1-5-17-37/h2-3,6-15H,1,4-5,16-19H2,(H,32,40)(H,33,34,39). The van der Waals surface area contributed by atoms with Crippen LogP contribution in [0.25, 0.3) is 15.9 Å². The molecule has 1 saturated heterocycles. The van der Waals surface area contributed by atoms with Gasteiger partial charge in [0.1, 0.15) is 5.82 Å². The lowest BCUT2D eigenvalue weighted by atomic mass is 10.2. The number of anilines is 1. The van der Waals surface area contributed by atoms with Crippen LogP contribution in [0.15, 0.2) is 82.8 Å². The maximum absolute atomic E-state index is 13.7. The highest BCUT2D eigenvalue weighted by molar-refractivity contribution is 7.99. The molecule has 0 aliphatic carbocycles. The van der Waals surface area contributed by atoms with Gasteiger partial charge in [-0.05, 0) is 73.5 Å². The number of carbonyl (C=O) groups excluding carboxylic acids is 2. The van der Waals surface area contributed by atoms with Crippen molar-refractivity contribution in [2.45, 2.75) is 35.9 Å². The Labute approximate surface area is 266 Å². The van der Waals surface area contributed by atoms with Crippen LogP contribution in [0.4, 0.5) is 9.52 Å². The molecule has 11 nitrogen and oxygen atoms in total. The number of rotatable bonds is 10. The topological polar surface area (TPSA) is 139 Å². The molecule has 2 amide bonds. The van der Waals surface area contributed by atoms with Gasteiger partial charge in [0.05, 0.1) is 27.4 Å². The van der Waals surface area contributed by atoms with Crippen LogP contribution < -0.4 is 10.6 Å². The molecule has 0 spiro atoms. The Hall–Kier alpha value is -4.18.